The second-order valence-electron chi connectivity index (χ2n) is 23.5. The SMILES string of the molecule is Cc1cc(OCCCNC(C)(C)CC(=O)OCc2ccccc2)ccc1Cc1c(O[C@@H]2O[C@H](COC(=O)C(C)(C)C)[C@@H](OC(=O)C(C)(C)C)[C@H](OC(=O)C(C)(C)C)[C@H]2OC(=O)C(C)(C)C)n[nH]c1C(C)C. The Morgan fingerprint density at radius 2 is 1.28 bits per heavy atom. The van der Waals surface area contributed by atoms with E-state index in [0.29, 0.717) is 37.3 Å². The highest BCUT2D eigenvalue weighted by Gasteiger charge is 2.56. The second kappa shape index (κ2) is 23.8. The first-order valence-electron chi connectivity index (χ1n) is 24.6. The fourth-order valence-electron chi connectivity index (χ4n) is 7.05. The highest BCUT2D eigenvalue weighted by atomic mass is 16.7. The van der Waals surface area contributed by atoms with Gasteiger partial charge in [0, 0.05) is 23.2 Å². The number of hydrogen-bond donors (Lipinski definition) is 2. The van der Waals surface area contributed by atoms with Crippen LogP contribution in [0.25, 0.3) is 0 Å². The van der Waals surface area contributed by atoms with E-state index in [2.05, 4.69) is 15.5 Å². The van der Waals surface area contributed by atoms with Crippen LogP contribution >= 0.6 is 0 Å². The maximum Gasteiger partial charge on any atom is 0.311 e. The molecule has 1 aliphatic rings. The van der Waals surface area contributed by atoms with E-state index in [1.807, 2.05) is 83.1 Å². The molecule has 16 nitrogen and oxygen atoms in total. The highest BCUT2D eigenvalue weighted by molar-refractivity contribution is 5.78. The maximum atomic E-state index is 13.9. The molecule has 2 N–H and O–H groups in total. The Hall–Kier alpha value is -5.48. The number of rotatable bonds is 20. The number of aromatic amines is 1. The van der Waals surface area contributed by atoms with Gasteiger partial charge in [0.2, 0.25) is 18.3 Å². The van der Waals surface area contributed by atoms with Crippen molar-refractivity contribution in [1.82, 2.24) is 15.5 Å². The summed E-state index contributed by atoms with van der Waals surface area (Å²) in [7, 11) is 0. The van der Waals surface area contributed by atoms with Crippen LogP contribution in [0.15, 0.2) is 48.5 Å². The summed E-state index contributed by atoms with van der Waals surface area (Å²) in [5.41, 5.74) is -0.163. The Labute approximate surface area is 421 Å². The number of nitrogens with zero attached hydrogens (tertiary/aromatic N) is 1. The summed E-state index contributed by atoms with van der Waals surface area (Å²) in [6.45, 7) is 30.9. The van der Waals surface area contributed by atoms with Gasteiger partial charge in [-0.15, -0.1) is 5.10 Å². The van der Waals surface area contributed by atoms with E-state index in [0.717, 1.165) is 22.4 Å². The largest absolute Gasteiger partial charge is 0.494 e. The summed E-state index contributed by atoms with van der Waals surface area (Å²) < 4.78 is 49.2. The summed E-state index contributed by atoms with van der Waals surface area (Å²) in [5.74, 6) is -2.05. The summed E-state index contributed by atoms with van der Waals surface area (Å²) >= 11 is 0. The number of hydrogen-bond acceptors (Lipinski definition) is 15. The van der Waals surface area contributed by atoms with Gasteiger partial charge in [0.1, 0.15) is 25.1 Å². The normalized spacial score (nSPS) is 18.9. The van der Waals surface area contributed by atoms with Gasteiger partial charge >= 0.3 is 29.8 Å². The van der Waals surface area contributed by atoms with E-state index in [-0.39, 0.29) is 30.8 Å². The Kier molecular flexibility index (Phi) is 19.5. The third-order valence-corrected chi connectivity index (χ3v) is 11.5. The first-order valence-corrected chi connectivity index (χ1v) is 24.6. The molecule has 1 fully saturated rings. The second-order valence-corrected chi connectivity index (χ2v) is 23.5. The number of H-pyrrole nitrogens is 1. The Morgan fingerprint density at radius 3 is 1.83 bits per heavy atom. The minimum absolute atomic E-state index is 0.0377. The number of aryl methyl sites for hydroxylation is 1. The van der Waals surface area contributed by atoms with E-state index in [1.54, 1.807) is 83.1 Å². The summed E-state index contributed by atoms with van der Waals surface area (Å²) in [6.07, 6.45) is -5.92. The van der Waals surface area contributed by atoms with Gasteiger partial charge in [-0.05, 0) is 152 Å². The molecule has 16 heteroatoms. The number of carbonyl (C=O) groups excluding carboxylic acids is 5. The number of aromatic nitrogens is 2. The van der Waals surface area contributed by atoms with E-state index in [1.165, 1.54) is 0 Å². The van der Waals surface area contributed by atoms with Gasteiger partial charge in [-0.3, -0.25) is 29.1 Å². The molecular weight excluding hydrogens is 911 g/mol. The third-order valence-electron chi connectivity index (χ3n) is 11.5. The van der Waals surface area contributed by atoms with Crippen molar-refractivity contribution in [2.75, 3.05) is 19.8 Å². The van der Waals surface area contributed by atoms with Gasteiger partial charge in [0.15, 0.2) is 12.2 Å². The predicted molar refractivity (Wildman–Crippen MR) is 267 cm³/mol. The summed E-state index contributed by atoms with van der Waals surface area (Å²) in [4.78, 5) is 67.1. The molecule has 0 radical (unpaired) electrons. The molecule has 1 saturated heterocycles. The van der Waals surface area contributed by atoms with E-state index in [4.69, 9.17) is 37.9 Å². The molecule has 3 aromatic rings. The average Bonchev–Trinajstić information content (AvgIpc) is 3.65. The first-order chi connectivity index (χ1) is 32.8. The average molecular weight is 992 g/mol. The highest BCUT2D eigenvalue weighted by Crippen LogP contribution is 2.37. The summed E-state index contributed by atoms with van der Waals surface area (Å²) in [5, 5.41) is 11.2. The Balaban J connectivity index is 1.60. The smallest absolute Gasteiger partial charge is 0.311 e. The van der Waals surface area contributed by atoms with Crippen molar-refractivity contribution in [2.24, 2.45) is 21.7 Å². The zero-order valence-electron chi connectivity index (χ0n) is 45.3. The van der Waals surface area contributed by atoms with Crippen LogP contribution in [0.3, 0.4) is 0 Å². The lowest BCUT2D eigenvalue weighted by Gasteiger charge is -2.45. The van der Waals surface area contributed by atoms with Crippen molar-refractivity contribution in [3.63, 3.8) is 0 Å². The lowest BCUT2D eigenvalue weighted by atomic mass is 9.93. The van der Waals surface area contributed by atoms with Crippen molar-refractivity contribution in [3.8, 4) is 11.6 Å². The maximum absolute atomic E-state index is 13.9. The van der Waals surface area contributed by atoms with Crippen molar-refractivity contribution in [1.29, 1.82) is 0 Å². The number of ether oxygens (including phenoxy) is 8. The van der Waals surface area contributed by atoms with Crippen molar-refractivity contribution in [2.45, 2.75) is 186 Å². The lowest BCUT2D eigenvalue weighted by Crippen LogP contribution is -2.65. The molecule has 0 amide bonds. The van der Waals surface area contributed by atoms with E-state index < -0.39 is 88.4 Å². The molecule has 5 atom stereocenters. The van der Waals surface area contributed by atoms with Crippen molar-refractivity contribution in [3.05, 3.63) is 76.5 Å². The quantitative estimate of drug-likeness (QED) is 0.0616. The van der Waals surface area contributed by atoms with Gasteiger partial charge in [-0.25, -0.2) is 0 Å². The molecule has 0 saturated carbocycles. The Morgan fingerprint density at radius 1 is 0.718 bits per heavy atom. The minimum atomic E-state index is -1.52. The molecule has 4 rings (SSSR count). The number of benzene rings is 2. The first kappa shape index (κ1) is 58.1. The van der Waals surface area contributed by atoms with Crippen LogP contribution in [0.2, 0.25) is 0 Å². The van der Waals surface area contributed by atoms with Gasteiger partial charge in [0.05, 0.1) is 34.7 Å². The monoisotopic (exact) mass is 992 g/mol. The lowest BCUT2D eigenvalue weighted by molar-refractivity contribution is -0.294. The van der Waals surface area contributed by atoms with Gasteiger partial charge in [0.25, 0.3) is 0 Å². The van der Waals surface area contributed by atoms with Crippen LogP contribution in [0.5, 0.6) is 11.6 Å². The topological polar surface area (TPSA) is 200 Å². The molecule has 2 heterocycles. The van der Waals surface area contributed by atoms with E-state index in [9.17, 15) is 24.0 Å². The zero-order chi connectivity index (χ0) is 53.3. The van der Waals surface area contributed by atoms with Crippen LogP contribution < -0.4 is 14.8 Å². The molecule has 1 aliphatic heterocycles. The van der Waals surface area contributed by atoms with Crippen molar-refractivity contribution >= 4 is 29.8 Å². The number of esters is 5. The predicted octanol–water partition coefficient (Wildman–Crippen LogP) is 9.27. The van der Waals surface area contributed by atoms with Crippen LogP contribution in [-0.2, 0) is 65.4 Å². The zero-order valence-corrected chi connectivity index (χ0v) is 45.3. The third kappa shape index (κ3) is 17.4. The van der Waals surface area contributed by atoms with Crippen molar-refractivity contribution < 1.29 is 61.9 Å². The Bertz CT molecular complexity index is 2280. The summed E-state index contributed by atoms with van der Waals surface area (Å²) in [6, 6.07) is 15.4. The van der Waals surface area contributed by atoms with Gasteiger partial charge < -0.3 is 43.2 Å². The fraction of sp³-hybridized carbons (Fsp3) is 0.636. The minimum Gasteiger partial charge on any atom is -0.494 e. The van der Waals surface area contributed by atoms with Gasteiger partial charge in [-0.1, -0.05) is 50.2 Å². The molecule has 2 aromatic carbocycles. The molecule has 71 heavy (non-hydrogen) atoms. The molecule has 0 bridgehead atoms. The van der Waals surface area contributed by atoms with Gasteiger partial charge in [-0.2, -0.15) is 0 Å². The molecular formula is C55H81N3O13. The standard InChI is InChI=1S/C55H81N3O13/c1-33(2)41-38(29-36-24-25-37(28-34(36)3)64-27-21-26-56-55(16,17)30-40(59)65-31-35-22-19-18-20-23-35)45(58-57-41)71-46-44(70-50(63)54(13,14)15)43(69-49(62)53(10,11)12)42(68-48(61)52(7,8)9)39(67-46)32-66-47(60)51(4,5)6/h18-20,22-25,28,33,39,42-44,46,56H,21,26-27,29-32H2,1-17H3,(H,57,58)/t39-,42-,43+,44-,46+/m1/s1. The molecule has 1 aromatic heterocycles. The van der Waals surface area contributed by atoms with Crippen LogP contribution in [0, 0.1) is 28.6 Å². The van der Waals surface area contributed by atoms with Crippen LogP contribution in [0.4, 0.5) is 0 Å². The van der Waals surface area contributed by atoms with Crippen LogP contribution in [0.1, 0.15) is 157 Å². The van der Waals surface area contributed by atoms with Crippen LogP contribution in [-0.4, -0.2) is 96.0 Å². The molecule has 0 aliphatic carbocycles. The van der Waals surface area contributed by atoms with E-state index >= 15 is 0 Å². The molecule has 0 unspecified atom stereocenters. The molecule has 0 spiro atoms. The number of carbonyl (C=O) groups is 5. The molecule has 394 valence electrons. The number of nitrogens with one attached hydrogen (secondary N) is 2. The fourth-order valence-corrected chi connectivity index (χ4v) is 7.05.